The van der Waals surface area contributed by atoms with Gasteiger partial charge in [0.05, 0.1) is 16.9 Å². The van der Waals surface area contributed by atoms with Gasteiger partial charge in [-0.3, -0.25) is 9.59 Å². The minimum absolute atomic E-state index is 0.150. The first-order chi connectivity index (χ1) is 11.8. The van der Waals surface area contributed by atoms with Crippen molar-refractivity contribution in [2.75, 3.05) is 11.1 Å². The van der Waals surface area contributed by atoms with Crippen LogP contribution in [0, 0.1) is 0 Å². The van der Waals surface area contributed by atoms with E-state index in [-0.39, 0.29) is 17.2 Å². The summed E-state index contributed by atoms with van der Waals surface area (Å²) in [6.07, 6.45) is 2.81. The van der Waals surface area contributed by atoms with Gasteiger partial charge in [-0.05, 0) is 56.0 Å². The molecule has 0 atom stereocenters. The van der Waals surface area contributed by atoms with Crippen molar-refractivity contribution in [1.29, 1.82) is 0 Å². The molecule has 0 saturated heterocycles. The van der Waals surface area contributed by atoms with Crippen molar-refractivity contribution in [3.63, 3.8) is 0 Å². The third-order valence-electron chi connectivity index (χ3n) is 3.83. The molecule has 2 aromatic heterocycles. The molecule has 134 valence electrons. The van der Waals surface area contributed by atoms with Crippen LogP contribution in [-0.2, 0) is 23.2 Å². The zero-order valence-corrected chi connectivity index (χ0v) is 16.0. The van der Waals surface area contributed by atoms with Gasteiger partial charge in [-0.25, -0.2) is 4.68 Å². The number of thiophene rings is 1. The number of nitrogens with two attached hydrogens (primary N) is 1. The van der Waals surface area contributed by atoms with Crippen LogP contribution in [0.3, 0.4) is 0 Å². The summed E-state index contributed by atoms with van der Waals surface area (Å²) >= 11 is 2.70. The number of anilines is 1. The van der Waals surface area contributed by atoms with E-state index in [9.17, 15) is 9.59 Å². The van der Waals surface area contributed by atoms with Gasteiger partial charge in [0.2, 0.25) is 11.1 Å². The van der Waals surface area contributed by atoms with Gasteiger partial charge < -0.3 is 11.1 Å². The molecule has 0 saturated carbocycles. The second kappa shape index (κ2) is 6.75. The summed E-state index contributed by atoms with van der Waals surface area (Å²) in [6, 6.07) is 0. The summed E-state index contributed by atoms with van der Waals surface area (Å²) in [5, 5.41) is 15.5. The van der Waals surface area contributed by atoms with Crippen molar-refractivity contribution in [2.24, 2.45) is 5.73 Å². The highest BCUT2D eigenvalue weighted by molar-refractivity contribution is 7.99. The van der Waals surface area contributed by atoms with Gasteiger partial charge in [0.15, 0.2) is 0 Å². The molecule has 0 unspecified atom stereocenters. The zero-order valence-electron chi connectivity index (χ0n) is 14.3. The molecule has 0 fully saturated rings. The number of amides is 2. The lowest BCUT2D eigenvalue weighted by molar-refractivity contribution is -0.113. The van der Waals surface area contributed by atoms with E-state index in [0.717, 1.165) is 29.7 Å². The van der Waals surface area contributed by atoms with Crippen LogP contribution in [-0.4, -0.2) is 37.8 Å². The molecule has 3 N–H and O–H groups in total. The number of thioether (sulfide) groups is 1. The van der Waals surface area contributed by atoms with E-state index in [1.54, 1.807) is 4.68 Å². The van der Waals surface area contributed by atoms with E-state index in [0.29, 0.717) is 15.7 Å². The fourth-order valence-electron chi connectivity index (χ4n) is 2.74. The number of primary amides is 1. The number of nitrogens with zero attached hydrogens (tertiary/aromatic N) is 4. The first-order valence-electron chi connectivity index (χ1n) is 7.93. The quantitative estimate of drug-likeness (QED) is 0.764. The summed E-state index contributed by atoms with van der Waals surface area (Å²) < 4.78 is 1.68. The highest BCUT2D eigenvalue weighted by Gasteiger charge is 2.26. The SMILES string of the molecule is CC(C)(C)n1nnnc1SCC(=O)Nc1sc2c(c1C(N)=O)CCC2. The van der Waals surface area contributed by atoms with Crippen LogP contribution in [0.2, 0.25) is 0 Å². The van der Waals surface area contributed by atoms with Gasteiger partial charge >= 0.3 is 0 Å². The number of nitrogens with one attached hydrogen (secondary N) is 1. The van der Waals surface area contributed by atoms with Crippen molar-refractivity contribution >= 4 is 39.9 Å². The largest absolute Gasteiger partial charge is 0.365 e. The third-order valence-corrected chi connectivity index (χ3v) is 5.96. The Morgan fingerprint density at radius 1 is 1.36 bits per heavy atom. The average Bonchev–Trinajstić information content (AvgIpc) is 3.18. The lowest BCUT2D eigenvalue weighted by atomic mass is 10.1. The Kier molecular flexibility index (Phi) is 4.83. The number of hydrogen-bond acceptors (Lipinski definition) is 7. The summed E-state index contributed by atoms with van der Waals surface area (Å²) in [7, 11) is 0. The van der Waals surface area contributed by atoms with Gasteiger partial charge in [-0.15, -0.1) is 16.4 Å². The summed E-state index contributed by atoms with van der Waals surface area (Å²) in [5.41, 5.74) is 6.71. The summed E-state index contributed by atoms with van der Waals surface area (Å²) in [6.45, 7) is 5.96. The first kappa shape index (κ1) is 17.9. The van der Waals surface area contributed by atoms with Crippen LogP contribution in [0.25, 0.3) is 0 Å². The number of fused-ring (bicyclic) bond motifs is 1. The predicted molar refractivity (Wildman–Crippen MR) is 97.0 cm³/mol. The maximum Gasteiger partial charge on any atom is 0.251 e. The fraction of sp³-hybridized carbons (Fsp3) is 0.533. The van der Waals surface area contributed by atoms with Gasteiger partial charge in [0.1, 0.15) is 5.00 Å². The molecule has 0 radical (unpaired) electrons. The van der Waals surface area contributed by atoms with E-state index in [2.05, 4.69) is 20.8 Å². The highest BCUT2D eigenvalue weighted by atomic mass is 32.2. The molecule has 0 bridgehead atoms. The van der Waals surface area contributed by atoms with Gasteiger partial charge in [-0.1, -0.05) is 11.8 Å². The molecule has 0 spiro atoms. The highest BCUT2D eigenvalue weighted by Crippen LogP contribution is 2.38. The summed E-state index contributed by atoms with van der Waals surface area (Å²) in [4.78, 5) is 25.2. The molecule has 3 rings (SSSR count). The molecule has 0 aromatic carbocycles. The molecule has 2 amide bonds. The van der Waals surface area contributed by atoms with Gasteiger partial charge in [0, 0.05) is 4.88 Å². The second-order valence-corrected chi connectivity index (χ2v) is 8.85. The number of aryl methyl sites for hydroxylation is 1. The van der Waals surface area contributed by atoms with Crippen LogP contribution >= 0.6 is 23.1 Å². The van der Waals surface area contributed by atoms with Crippen molar-refractivity contribution in [3.05, 3.63) is 16.0 Å². The van der Waals surface area contributed by atoms with Crippen LogP contribution in [0.4, 0.5) is 5.00 Å². The van der Waals surface area contributed by atoms with Crippen LogP contribution < -0.4 is 11.1 Å². The Morgan fingerprint density at radius 3 is 2.80 bits per heavy atom. The molecular formula is C15H20N6O2S2. The Hall–Kier alpha value is -1.94. The molecule has 2 aromatic rings. The second-order valence-electron chi connectivity index (χ2n) is 6.81. The number of tetrazole rings is 1. The van der Waals surface area contributed by atoms with Crippen molar-refractivity contribution < 1.29 is 9.59 Å². The number of aromatic nitrogens is 4. The fourth-order valence-corrected chi connectivity index (χ4v) is 4.91. The van der Waals surface area contributed by atoms with Gasteiger partial charge in [-0.2, -0.15) is 0 Å². The summed E-state index contributed by atoms with van der Waals surface area (Å²) in [5.74, 6) is -0.549. The normalized spacial score (nSPS) is 13.7. The lowest BCUT2D eigenvalue weighted by Crippen LogP contribution is -2.25. The first-order valence-corrected chi connectivity index (χ1v) is 9.73. The Balaban J connectivity index is 1.68. The maximum absolute atomic E-state index is 12.3. The maximum atomic E-state index is 12.3. The van der Waals surface area contributed by atoms with Crippen LogP contribution in [0.1, 0.15) is 48.0 Å². The van der Waals surface area contributed by atoms with E-state index in [4.69, 9.17) is 5.73 Å². The standard InChI is InChI=1S/C15H20N6O2S2/c1-15(2,3)21-14(18-19-20-21)24-7-10(22)17-13-11(12(16)23)8-5-4-6-9(8)25-13/h4-7H2,1-3H3,(H2,16,23)(H,17,22). The van der Waals surface area contributed by atoms with E-state index in [1.807, 2.05) is 20.8 Å². The minimum Gasteiger partial charge on any atom is -0.365 e. The molecule has 8 nitrogen and oxygen atoms in total. The molecule has 0 aliphatic heterocycles. The van der Waals surface area contributed by atoms with E-state index in [1.165, 1.54) is 23.1 Å². The predicted octanol–water partition coefficient (Wildman–Crippen LogP) is 1.81. The molecule has 1 aliphatic carbocycles. The lowest BCUT2D eigenvalue weighted by Gasteiger charge is -2.19. The molecule has 25 heavy (non-hydrogen) atoms. The van der Waals surface area contributed by atoms with Crippen molar-refractivity contribution in [2.45, 2.75) is 50.7 Å². The number of hydrogen-bond donors (Lipinski definition) is 2. The Bertz CT molecular complexity index is 821. The van der Waals surface area contributed by atoms with E-state index < -0.39 is 5.91 Å². The zero-order chi connectivity index (χ0) is 18.2. The molecule has 2 heterocycles. The smallest absolute Gasteiger partial charge is 0.251 e. The third kappa shape index (κ3) is 3.69. The Labute approximate surface area is 153 Å². The monoisotopic (exact) mass is 380 g/mol. The Morgan fingerprint density at radius 2 is 2.12 bits per heavy atom. The topological polar surface area (TPSA) is 116 Å². The molecule has 10 heteroatoms. The number of carbonyl (C=O) groups excluding carboxylic acids is 2. The van der Waals surface area contributed by atoms with Gasteiger partial charge in [0.25, 0.3) is 5.91 Å². The minimum atomic E-state index is -0.487. The van der Waals surface area contributed by atoms with Crippen molar-refractivity contribution in [1.82, 2.24) is 20.2 Å². The number of rotatable bonds is 5. The van der Waals surface area contributed by atoms with E-state index >= 15 is 0 Å². The number of carbonyl (C=O) groups is 2. The molecule has 1 aliphatic rings. The molecular weight excluding hydrogens is 360 g/mol. The van der Waals surface area contributed by atoms with Crippen LogP contribution in [0.5, 0.6) is 0 Å². The average molecular weight is 380 g/mol. The van der Waals surface area contributed by atoms with Crippen LogP contribution in [0.15, 0.2) is 5.16 Å². The van der Waals surface area contributed by atoms with Crippen molar-refractivity contribution in [3.8, 4) is 0 Å².